The zero-order valence-corrected chi connectivity index (χ0v) is 13.1. The van der Waals surface area contributed by atoms with Crippen molar-refractivity contribution in [2.24, 2.45) is 0 Å². The van der Waals surface area contributed by atoms with E-state index in [-0.39, 0.29) is 17.6 Å². The van der Waals surface area contributed by atoms with Gasteiger partial charge in [-0.15, -0.1) is 0 Å². The first-order valence-electron chi connectivity index (χ1n) is 7.60. The molecule has 1 amide bonds. The van der Waals surface area contributed by atoms with Crippen molar-refractivity contribution in [3.05, 3.63) is 69.3 Å². The van der Waals surface area contributed by atoms with Crippen molar-refractivity contribution in [2.75, 3.05) is 4.90 Å². The molecule has 0 aliphatic heterocycles. The van der Waals surface area contributed by atoms with Crippen LogP contribution in [-0.2, 0) is 0 Å². The number of amides is 1. The third-order valence-electron chi connectivity index (χ3n) is 4.02. The van der Waals surface area contributed by atoms with Gasteiger partial charge in [-0.2, -0.15) is 5.26 Å². The molecule has 0 saturated heterocycles. The van der Waals surface area contributed by atoms with Crippen LogP contribution < -0.4 is 4.90 Å². The lowest BCUT2D eigenvalue weighted by Gasteiger charge is -2.24. The minimum absolute atomic E-state index is 0.100. The number of hydrogen-bond acceptors (Lipinski definition) is 4. The number of non-ortho nitro benzene ring substituents is 1. The van der Waals surface area contributed by atoms with E-state index in [4.69, 9.17) is 5.26 Å². The molecule has 1 aliphatic rings. The predicted molar refractivity (Wildman–Crippen MR) is 88.8 cm³/mol. The Kier molecular flexibility index (Phi) is 4.00. The van der Waals surface area contributed by atoms with Crippen molar-refractivity contribution >= 4 is 17.3 Å². The van der Waals surface area contributed by atoms with Gasteiger partial charge in [0.25, 0.3) is 11.6 Å². The molecule has 6 nitrogen and oxygen atoms in total. The number of carbonyl (C=O) groups is 1. The lowest BCUT2D eigenvalue weighted by Crippen LogP contribution is -2.33. The monoisotopic (exact) mass is 321 g/mol. The molecule has 1 saturated carbocycles. The summed E-state index contributed by atoms with van der Waals surface area (Å²) >= 11 is 0. The molecule has 2 aromatic carbocycles. The Morgan fingerprint density at radius 3 is 2.62 bits per heavy atom. The summed E-state index contributed by atoms with van der Waals surface area (Å²) in [7, 11) is 0. The largest absolute Gasteiger partial charge is 0.305 e. The first-order valence-corrected chi connectivity index (χ1v) is 7.60. The van der Waals surface area contributed by atoms with Crippen molar-refractivity contribution in [1.82, 2.24) is 0 Å². The van der Waals surface area contributed by atoms with Gasteiger partial charge in [-0.25, -0.2) is 0 Å². The fourth-order valence-corrected chi connectivity index (χ4v) is 2.69. The molecule has 0 bridgehead atoms. The van der Waals surface area contributed by atoms with Crippen molar-refractivity contribution in [3.8, 4) is 6.07 Å². The van der Waals surface area contributed by atoms with E-state index in [1.165, 1.54) is 18.2 Å². The molecule has 0 atom stereocenters. The zero-order chi connectivity index (χ0) is 17.3. The molecule has 2 aromatic rings. The van der Waals surface area contributed by atoms with E-state index < -0.39 is 4.92 Å². The molecule has 0 unspecified atom stereocenters. The Balaban J connectivity index is 2.00. The number of rotatable bonds is 4. The Bertz CT molecular complexity index is 866. The normalized spacial score (nSPS) is 13.2. The van der Waals surface area contributed by atoms with E-state index in [1.807, 2.05) is 6.92 Å². The number of aryl methyl sites for hydroxylation is 1. The van der Waals surface area contributed by atoms with Crippen LogP contribution in [0.4, 0.5) is 11.4 Å². The van der Waals surface area contributed by atoms with E-state index in [0.717, 1.165) is 24.1 Å². The second-order valence-corrected chi connectivity index (χ2v) is 5.83. The van der Waals surface area contributed by atoms with Gasteiger partial charge in [-0.05, 0) is 49.6 Å². The zero-order valence-electron chi connectivity index (χ0n) is 13.1. The SMILES string of the molecule is Cc1cc(C#N)ccc1N(C(=O)c1cccc([N+](=O)[O-])c1)C1CC1. The highest BCUT2D eigenvalue weighted by Crippen LogP contribution is 2.35. The third-order valence-corrected chi connectivity index (χ3v) is 4.02. The topological polar surface area (TPSA) is 87.2 Å². The first kappa shape index (κ1) is 15.7. The molecule has 120 valence electrons. The first-order chi connectivity index (χ1) is 11.5. The molecule has 0 radical (unpaired) electrons. The molecular weight excluding hydrogens is 306 g/mol. The number of nitriles is 1. The van der Waals surface area contributed by atoms with Gasteiger partial charge in [0.05, 0.1) is 16.6 Å². The van der Waals surface area contributed by atoms with E-state index in [1.54, 1.807) is 29.2 Å². The molecule has 24 heavy (non-hydrogen) atoms. The molecule has 0 aromatic heterocycles. The van der Waals surface area contributed by atoms with Gasteiger partial charge in [0.1, 0.15) is 0 Å². The standard InChI is InChI=1S/C18H15N3O3/c1-12-9-13(11-19)5-8-17(12)20(15-6-7-15)18(22)14-3-2-4-16(10-14)21(23)24/h2-5,8-10,15H,6-7H2,1H3. The van der Waals surface area contributed by atoms with Gasteiger partial charge < -0.3 is 4.90 Å². The van der Waals surface area contributed by atoms with Crippen LogP contribution in [0.3, 0.4) is 0 Å². The number of nitrogens with zero attached hydrogens (tertiary/aromatic N) is 3. The Morgan fingerprint density at radius 1 is 1.29 bits per heavy atom. The van der Waals surface area contributed by atoms with Gasteiger partial charge in [0, 0.05) is 29.4 Å². The Morgan fingerprint density at radius 2 is 2.04 bits per heavy atom. The fourth-order valence-electron chi connectivity index (χ4n) is 2.69. The van der Waals surface area contributed by atoms with Crippen molar-refractivity contribution in [3.63, 3.8) is 0 Å². The highest BCUT2D eigenvalue weighted by Gasteiger charge is 2.35. The van der Waals surface area contributed by atoms with E-state index in [0.29, 0.717) is 11.1 Å². The summed E-state index contributed by atoms with van der Waals surface area (Å²) in [6.45, 7) is 1.85. The summed E-state index contributed by atoms with van der Waals surface area (Å²) < 4.78 is 0. The molecule has 0 heterocycles. The summed E-state index contributed by atoms with van der Waals surface area (Å²) in [4.78, 5) is 25.1. The minimum atomic E-state index is -0.509. The van der Waals surface area contributed by atoms with Crippen LogP contribution in [0.1, 0.15) is 34.3 Å². The number of nitro groups is 1. The highest BCUT2D eigenvalue weighted by atomic mass is 16.6. The molecule has 6 heteroatoms. The molecule has 0 N–H and O–H groups in total. The second kappa shape index (κ2) is 6.13. The maximum Gasteiger partial charge on any atom is 0.270 e. The van der Waals surface area contributed by atoms with Crippen LogP contribution in [0.25, 0.3) is 0 Å². The molecular formula is C18H15N3O3. The van der Waals surface area contributed by atoms with Crippen LogP contribution in [0.2, 0.25) is 0 Å². The van der Waals surface area contributed by atoms with E-state index in [2.05, 4.69) is 6.07 Å². The maximum atomic E-state index is 12.9. The van der Waals surface area contributed by atoms with Crippen LogP contribution in [0.5, 0.6) is 0 Å². The molecule has 1 fully saturated rings. The van der Waals surface area contributed by atoms with Crippen molar-refractivity contribution in [1.29, 1.82) is 5.26 Å². The predicted octanol–water partition coefficient (Wildman–Crippen LogP) is 3.58. The lowest BCUT2D eigenvalue weighted by atomic mass is 10.1. The van der Waals surface area contributed by atoms with Crippen LogP contribution >= 0.6 is 0 Å². The fraction of sp³-hybridized carbons (Fsp3) is 0.222. The van der Waals surface area contributed by atoms with Gasteiger partial charge >= 0.3 is 0 Å². The third kappa shape index (κ3) is 2.97. The van der Waals surface area contributed by atoms with Crippen molar-refractivity contribution < 1.29 is 9.72 Å². The quantitative estimate of drug-likeness (QED) is 0.636. The highest BCUT2D eigenvalue weighted by molar-refractivity contribution is 6.07. The Hall–Kier alpha value is -3.20. The van der Waals surface area contributed by atoms with E-state index in [9.17, 15) is 14.9 Å². The molecule has 0 spiro atoms. The second-order valence-electron chi connectivity index (χ2n) is 5.83. The maximum absolute atomic E-state index is 12.9. The molecule has 3 rings (SSSR count). The lowest BCUT2D eigenvalue weighted by molar-refractivity contribution is -0.384. The van der Waals surface area contributed by atoms with Gasteiger partial charge in [-0.3, -0.25) is 14.9 Å². The van der Waals surface area contributed by atoms with Crippen LogP contribution in [0, 0.1) is 28.4 Å². The van der Waals surface area contributed by atoms with Crippen LogP contribution in [-0.4, -0.2) is 16.9 Å². The van der Waals surface area contributed by atoms with Gasteiger partial charge in [-0.1, -0.05) is 6.07 Å². The average molecular weight is 321 g/mol. The number of carbonyl (C=O) groups excluding carboxylic acids is 1. The van der Waals surface area contributed by atoms with E-state index >= 15 is 0 Å². The summed E-state index contributed by atoms with van der Waals surface area (Å²) in [6, 6.07) is 13.1. The number of nitro benzene ring substituents is 1. The van der Waals surface area contributed by atoms with Gasteiger partial charge in [0.2, 0.25) is 0 Å². The number of benzene rings is 2. The average Bonchev–Trinajstić information content (AvgIpc) is 3.41. The smallest absolute Gasteiger partial charge is 0.270 e. The number of hydrogen-bond donors (Lipinski definition) is 0. The van der Waals surface area contributed by atoms with Crippen LogP contribution in [0.15, 0.2) is 42.5 Å². The summed E-state index contributed by atoms with van der Waals surface area (Å²) in [5.74, 6) is -0.256. The molecule has 1 aliphatic carbocycles. The number of anilines is 1. The summed E-state index contributed by atoms with van der Waals surface area (Å²) in [6.07, 6.45) is 1.81. The minimum Gasteiger partial charge on any atom is -0.305 e. The van der Waals surface area contributed by atoms with Crippen molar-refractivity contribution in [2.45, 2.75) is 25.8 Å². The van der Waals surface area contributed by atoms with Gasteiger partial charge in [0.15, 0.2) is 0 Å². The Labute approximate surface area is 139 Å². The summed E-state index contributed by atoms with van der Waals surface area (Å²) in [5, 5.41) is 19.9. The summed E-state index contributed by atoms with van der Waals surface area (Å²) in [5.41, 5.74) is 2.30.